The van der Waals surface area contributed by atoms with Gasteiger partial charge in [0.1, 0.15) is 11.8 Å². The highest BCUT2D eigenvalue weighted by Crippen LogP contribution is 2.36. The second-order valence-corrected chi connectivity index (χ2v) is 6.27. The van der Waals surface area contributed by atoms with E-state index < -0.39 is 28.5 Å². The Bertz CT molecular complexity index is 696. The highest BCUT2D eigenvalue weighted by Gasteiger charge is 2.35. The van der Waals surface area contributed by atoms with Crippen LogP contribution in [-0.2, 0) is 15.7 Å². The summed E-state index contributed by atoms with van der Waals surface area (Å²) in [5, 5.41) is 11.2. The van der Waals surface area contributed by atoms with Gasteiger partial charge in [-0.25, -0.2) is 0 Å². The van der Waals surface area contributed by atoms with Crippen LogP contribution in [0.3, 0.4) is 0 Å². The first-order valence-electron chi connectivity index (χ1n) is 8.28. The molecule has 26 heavy (non-hydrogen) atoms. The van der Waals surface area contributed by atoms with Gasteiger partial charge >= 0.3 is 6.18 Å². The van der Waals surface area contributed by atoms with E-state index in [0.717, 1.165) is 18.6 Å². The van der Waals surface area contributed by atoms with Crippen LogP contribution in [0.25, 0.3) is 0 Å². The quantitative estimate of drug-likeness (QED) is 0.601. The van der Waals surface area contributed by atoms with Crippen molar-refractivity contribution in [3.05, 3.63) is 33.9 Å². The number of halogens is 3. The molecule has 1 atom stereocenters. The first-order valence-corrected chi connectivity index (χ1v) is 8.28. The third kappa shape index (κ3) is 3.74. The topological polar surface area (TPSA) is 75.9 Å². The molecule has 2 heterocycles. The molecule has 0 spiro atoms. The van der Waals surface area contributed by atoms with Gasteiger partial charge in [-0.2, -0.15) is 13.2 Å². The molecule has 10 heteroatoms. The van der Waals surface area contributed by atoms with Crippen LogP contribution in [0.4, 0.5) is 24.5 Å². The van der Waals surface area contributed by atoms with Gasteiger partial charge in [-0.05, 0) is 25.0 Å². The van der Waals surface area contributed by atoms with E-state index in [1.54, 1.807) is 9.80 Å². The highest BCUT2D eigenvalue weighted by molar-refractivity contribution is 5.81. The average Bonchev–Trinajstić information content (AvgIpc) is 3.14. The molecule has 1 aromatic carbocycles. The van der Waals surface area contributed by atoms with Crippen LogP contribution in [0.1, 0.15) is 18.4 Å². The summed E-state index contributed by atoms with van der Waals surface area (Å²) in [5.74, 6) is -0.0935. The lowest BCUT2D eigenvalue weighted by atomic mass is 10.1. The maximum atomic E-state index is 12.8. The lowest BCUT2D eigenvalue weighted by molar-refractivity contribution is -0.384. The van der Waals surface area contributed by atoms with Crippen LogP contribution >= 0.6 is 0 Å². The monoisotopic (exact) mass is 373 g/mol. The van der Waals surface area contributed by atoms with Crippen molar-refractivity contribution < 1.29 is 27.6 Å². The molecule has 2 saturated heterocycles. The summed E-state index contributed by atoms with van der Waals surface area (Å²) in [6.07, 6.45) is -3.55. The number of anilines is 1. The number of nitro benzene ring substituents is 1. The first-order chi connectivity index (χ1) is 12.3. The van der Waals surface area contributed by atoms with E-state index in [1.165, 1.54) is 0 Å². The van der Waals surface area contributed by atoms with Crippen molar-refractivity contribution in [1.29, 1.82) is 0 Å². The van der Waals surface area contributed by atoms with Crippen molar-refractivity contribution >= 4 is 17.3 Å². The Hall–Kier alpha value is -2.36. The van der Waals surface area contributed by atoms with Crippen molar-refractivity contribution in [2.45, 2.75) is 25.1 Å². The fourth-order valence-corrected chi connectivity index (χ4v) is 3.26. The maximum absolute atomic E-state index is 12.8. The summed E-state index contributed by atoms with van der Waals surface area (Å²) in [4.78, 5) is 26.0. The van der Waals surface area contributed by atoms with Gasteiger partial charge in [0.2, 0.25) is 0 Å². The van der Waals surface area contributed by atoms with E-state index in [1.807, 2.05) is 0 Å². The van der Waals surface area contributed by atoms with E-state index in [9.17, 15) is 28.1 Å². The number of rotatable bonds is 3. The van der Waals surface area contributed by atoms with Crippen LogP contribution in [0.2, 0.25) is 0 Å². The molecule has 3 rings (SSSR count). The van der Waals surface area contributed by atoms with Crippen LogP contribution in [-0.4, -0.2) is 54.6 Å². The number of hydrogen-bond acceptors (Lipinski definition) is 5. The summed E-state index contributed by atoms with van der Waals surface area (Å²) in [7, 11) is 0. The normalized spacial score (nSPS) is 21.1. The molecule has 0 aromatic heterocycles. The third-order valence-corrected chi connectivity index (χ3v) is 4.64. The molecule has 142 valence electrons. The van der Waals surface area contributed by atoms with Gasteiger partial charge in [0.05, 0.1) is 10.5 Å². The molecule has 7 nitrogen and oxygen atoms in total. The Balaban J connectivity index is 1.72. The Morgan fingerprint density at radius 1 is 1.23 bits per heavy atom. The zero-order chi connectivity index (χ0) is 18.9. The highest BCUT2D eigenvalue weighted by atomic mass is 19.4. The number of alkyl halides is 3. The van der Waals surface area contributed by atoms with E-state index in [-0.39, 0.29) is 11.6 Å². The van der Waals surface area contributed by atoms with Crippen LogP contribution < -0.4 is 4.90 Å². The SMILES string of the molecule is O=C([C@@H]1CCCO1)N1CCN(c2ccc(C(F)(F)F)cc2[N+](=O)[O-])CC1. The molecular formula is C16H18F3N3O4. The predicted molar refractivity (Wildman–Crippen MR) is 85.9 cm³/mol. The van der Waals surface area contributed by atoms with Crippen molar-refractivity contribution in [3.8, 4) is 0 Å². The van der Waals surface area contributed by atoms with Gasteiger partial charge in [-0.15, -0.1) is 0 Å². The minimum absolute atomic E-state index is 0.0935. The summed E-state index contributed by atoms with van der Waals surface area (Å²) in [6.45, 7) is 1.87. The fourth-order valence-electron chi connectivity index (χ4n) is 3.26. The average molecular weight is 373 g/mol. The smallest absolute Gasteiger partial charge is 0.368 e. The molecule has 0 saturated carbocycles. The largest absolute Gasteiger partial charge is 0.416 e. The Kier molecular flexibility index (Phi) is 5.03. The number of benzene rings is 1. The van der Waals surface area contributed by atoms with Crippen molar-refractivity contribution in [2.75, 3.05) is 37.7 Å². The summed E-state index contributed by atoms with van der Waals surface area (Å²) in [5.41, 5.74) is -1.51. The van der Waals surface area contributed by atoms with Crippen molar-refractivity contribution in [3.63, 3.8) is 0 Å². The lowest BCUT2D eigenvalue weighted by Gasteiger charge is -2.36. The van der Waals surface area contributed by atoms with Gasteiger partial charge in [0, 0.05) is 38.9 Å². The minimum Gasteiger partial charge on any atom is -0.368 e. The second-order valence-electron chi connectivity index (χ2n) is 6.27. The van der Waals surface area contributed by atoms with Gasteiger partial charge in [-0.1, -0.05) is 0 Å². The van der Waals surface area contributed by atoms with Gasteiger partial charge in [-0.3, -0.25) is 14.9 Å². The third-order valence-electron chi connectivity index (χ3n) is 4.64. The van der Waals surface area contributed by atoms with E-state index >= 15 is 0 Å². The second kappa shape index (κ2) is 7.10. The van der Waals surface area contributed by atoms with Gasteiger partial charge in [0.15, 0.2) is 0 Å². The maximum Gasteiger partial charge on any atom is 0.416 e. The molecular weight excluding hydrogens is 355 g/mol. The Morgan fingerprint density at radius 2 is 1.92 bits per heavy atom. The van der Waals surface area contributed by atoms with Crippen LogP contribution in [0.5, 0.6) is 0 Å². The Labute approximate surface area is 147 Å². The molecule has 2 fully saturated rings. The van der Waals surface area contributed by atoms with E-state index in [4.69, 9.17) is 4.74 Å². The minimum atomic E-state index is -4.64. The molecule has 0 bridgehead atoms. The number of carbonyl (C=O) groups is 1. The number of amides is 1. The zero-order valence-corrected chi connectivity index (χ0v) is 13.9. The number of nitrogens with zero attached hydrogens (tertiary/aromatic N) is 3. The van der Waals surface area contributed by atoms with E-state index in [2.05, 4.69) is 0 Å². The molecule has 2 aliphatic heterocycles. The molecule has 0 radical (unpaired) electrons. The Morgan fingerprint density at radius 3 is 2.46 bits per heavy atom. The molecule has 2 aliphatic rings. The number of ether oxygens (including phenoxy) is 1. The van der Waals surface area contributed by atoms with Gasteiger partial charge in [0.25, 0.3) is 11.6 Å². The lowest BCUT2D eigenvalue weighted by Crippen LogP contribution is -2.51. The molecule has 0 aliphatic carbocycles. The summed E-state index contributed by atoms with van der Waals surface area (Å²) < 4.78 is 43.8. The van der Waals surface area contributed by atoms with E-state index in [0.29, 0.717) is 45.3 Å². The predicted octanol–water partition coefficient (Wildman–Crippen LogP) is 2.44. The molecule has 0 N–H and O–H groups in total. The number of hydrogen-bond donors (Lipinski definition) is 0. The summed E-state index contributed by atoms with van der Waals surface area (Å²) in [6, 6.07) is 2.52. The number of nitro groups is 1. The summed E-state index contributed by atoms with van der Waals surface area (Å²) >= 11 is 0. The van der Waals surface area contributed by atoms with Crippen LogP contribution in [0, 0.1) is 10.1 Å². The number of piperazine rings is 1. The van der Waals surface area contributed by atoms with Crippen LogP contribution in [0.15, 0.2) is 18.2 Å². The van der Waals surface area contributed by atoms with Crippen molar-refractivity contribution in [2.24, 2.45) is 0 Å². The number of carbonyl (C=O) groups excluding carboxylic acids is 1. The zero-order valence-electron chi connectivity index (χ0n) is 13.9. The molecule has 1 amide bonds. The standard InChI is InChI=1S/C16H18F3N3O4/c17-16(18,19)11-3-4-12(13(10-11)22(24)25)20-5-7-21(8-6-20)15(23)14-2-1-9-26-14/h3-4,10,14H,1-2,5-9H2/t14-/m0/s1. The van der Waals surface area contributed by atoms with Crippen molar-refractivity contribution in [1.82, 2.24) is 4.90 Å². The van der Waals surface area contributed by atoms with Gasteiger partial charge < -0.3 is 14.5 Å². The molecule has 0 unspecified atom stereocenters. The fraction of sp³-hybridized carbons (Fsp3) is 0.562. The molecule has 1 aromatic rings. The first kappa shape index (κ1) is 18.4.